The van der Waals surface area contributed by atoms with Crippen molar-refractivity contribution < 1.29 is 9.90 Å². The summed E-state index contributed by atoms with van der Waals surface area (Å²) in [7, 11) is 0. The van der Waals surface area contributed by atoms with Crippen molar-refractivity contribution in [3.8, 4) is 0 Å². The molecule has 4 nitrogen and oxygen atoms in total. The van der Waals surface area contributed by atoms with E-state index in [2.05, 4.69) is 4.98 Å². The molecule has 3 rings (SSSR count). The van der Waals surface area contributed by atoms with Crippen molar-refractivity contribution >= 4 is 23.4 Å². The van der Waals surface area contributed by atoms with Gasteiger partial charge in [0.25, 0.3) is 0 Å². The molecule has 5 heteroatoms. The fraction of sp³-hybridized carbons (Fsp3) is 0.385. The Morgan fingerprint density at radius 1 is 1.56 bits per heavy atom. The summed E-state index contributed by atoms with van der Waals surface area (Å²) in [5.41, 5.74) is 2.10. The first-order valence-corrected chi connectivity index (χ1v) is 7.19. The number of hydrogen-bond donors (Lipinski definition) is 1. The summed E-state index contributed by atoms with van der Waals surface area (Å²) in [6, 6.07) is 3.23. The van der Waals surface area contributed by atoms with Gasteiger partial charge in [-0.3, -0.25) is 0 Å². The van der Waals surface area contributed by atoms with Crippen molar-refractivity contribution in [2.75, 3.05) is 11.5 Å². The van der Waals surface area contributed by atoms with Gasteiger partial charge in [-0.25, -0.2) is 9.78 Å². The lowest BCUT2D eigenvalue weighted by molar-refractivity contribution is 0.0697. The average molecular weight is 262 g/mol. The van der Waals surface area contributed by atoms with Crippen LogP contribution in [-0.4, -0.2) is 32.0 Å². The molecule has 2 aromatic heterocycles. The number of thioether (sulfide) groups is 1. The van der Waals surface area contributed by atoms with Gasteiger partial charge < -0.3 is 9.51 Å². The minimum Gasteiger partial charge on any atom is -0.478 e. The topological polar surface area (TPSA) is 54.6 Å². The number of nitrogens with zero attached hydrogens (tertiary/aromatic N) is 2. The van der Waals surface area contributed by atoms with E-state index in [1.54, 1.807) is 18.3 Å². The number of carboxylic acids is 1. The van der Waals surface area contributed by atoms with Gasteiger partial charge in [0.2, 0.25) is 0 Å². The minimum atomic E-state index is -0.907. The van der Waals surface area contributed by atoms with Crippen molar-refractivity contribution in [3.05, 3.63) is 35.8 Å². The van der Waals surface area contributed by atoms with Gasteiger partial charge in [0, 0.05) is 24.1 Å². The maximum Gasteiger partial charge on any atom is 0.335 e. The summed E-state index contributed by atoms with van der Waals surface area (Å²) in [4.78, 5) is 15.5. The smallest absolute Gasteiger partial charge is 0.335 e. The molecule has 3 heterocycles. The number of rotatable bonds is 2. The molecule has 1 saturated heterocycles. The van der Waals surface area contributed by atoms with Crippen LogP contribution in [0.25, 0.3) is 5.65 Å². The molecular weight excluding hydrogens is 248 g/mol. The lowest BCUT2D eigenvalue weighted by Crippen LogP contribution is -2.08. The lowest BCUT2D eigenvalue weighted by atomic mass is 10.0. The molecule has 94 valence electrons. The van der Waals surface area contributed by atoms with Crippen molar-refractivity contribution in [2.24, 2.45) is 0 Å². The molecule has 0 spiro atoms. The maximum absolute atomic E-state index is 10.9. The van der Waals surface area contributed by atoms with Crippen LogP contribution >= 0.6 is 11.8 Å². The highest BCUT2D eigenvalue weighted by molar-refractivity contribution is 7.99. The highest BCUT2D eigenvalue weighted by atomic mass is 32.2. The van der Waals surface area contributed by atoms with Gasteiger partial charge >= 0.3 is 5.97 Å². The summed E-state index contributed by atoms with van der Waals surface area (Å²) >= 11 is 1.97. The Morgan fingerprint density at radius 2 is 2.44 bits per heavy atom. The second kappa shape index (κ2) is 4.65. The molecule has 1 atom stereocenters. The number of fused-ring (bicyclic) bond motifs is 1. The van der Waals surface area contributed by atoms with Gasteiger partial charge in [0.15, 0.2) is 0 Å². The predicted molar refractivity (Wildman–Crippen MR) is 71.5 cm³/mol. The van der Waals surface area contributed by atoms with Gasteiger partial charge in [-0.2, -0.15) is 11.8 Å². The van der Waals surface area contributed by atoms with Gasteiger partial charge in [-0.05, 0) is 30.7 Å². The molecular formula is C13H14N2O2S. The minimum absolute atomic E-state index is 0.290. The molecule has 1 fully saturated rings. The zero-order chi connectivity index (χ0) is 12.5. The van der Waals surface area contributed by atoms with Crippen molar-refractivity contribution in [1.29, 1.82) is 0 Å². The number of carboxylic acid groups (broad SMARTS) is 1. The molecule has 1 N–H and O–H groups in total. The van der Waals surface area contributed by atoms with Gasteiger partial charge in [-0.1, -0.05) is 0 Å². The number of pyridine rings is 1. The van der Waals surface area contributed by atoms with E-state index in [1.165, 1.54) is 18.6 Å². The Kier molecular flexibility index (Phi) is 2.99. The Labute approximate surface area is 109 Å². The monoisotopic (exact) mass is 262 g/mol. The van der Waals surface area contributed by atoms with Crippen LogP contribution in [0.5, 0.6) is 0 Å². The summed E-state index contributed by atoms with van der Waals surface area (Å²) < 4.78 is 1.90. The summed E-state index contributed by atoms with van der Waals surface area (Å²) in [6.45, 7) is 0. The van der Waals surface area contributed by atoms with Crippen LogP contribution < -0.4 is 0 Å². The third-order valence-electron chi connectivity index (χ3n) is 3.30. The van der Waals surface area contributed by atoms with E-state index in [4.69, 9.17) is 5.11 Å². The first-order valence-electron chi connectivity index (χ1n) is 6.04. The first-order chi connectivity index (χ1) is 8.74. The number of carbonyl (C=O) groups is 1. The van der Waals surface area contributed by atoms with Crippen LogP contribution in [0.2, 0.25) is 0 Å². The quantitative estimate of drug-likeness (QED) is 0.904. The second-order valence-corrected chi connectivity index (χ2v) is 5.72. The Bertz CT molecular complexity index is 588. The van der Waals surface area contributed by atoms with E-state index >= 15 is 0 Å². The van der Waals surface area contributed by atoms with E-state index in [9.17, 15) is 4.79 Å². The molecule has 1 aliphatic heterocycles. The zero-order valence-corrected chi connectivity index (χ0v) is 10.7. The fourth-order valence-corrected chi connectivity index (χ4v) is 3.46. The molecule has 18 heavy (non-hydrogen) atoms. The van der Waals surface area contributed by atoms with E-state index in [-0.39, 0.29) is 5.56 Å². The normalized spacial score (nSPS) is 20.1. The first kappa shape index (κ1) is 11.6. The van der Waals surface area contributed by atoms with Crippen molar-refractivity contribution in [1.82, 2.24) is 9.38 Å². The zero-order valence-electron chi connectivity index (χ0n) is 9.87. The van der Waals surface area contributed by atoms with Crippen molar-refractivity contribution in [2.45, 2.75) is 18.8 Å². The summed E-state index contributed by atoms with van der Waals surface area (Å²) in [6.07, 6.45) is 6.22. The molecule has 0 radical (unpaired) electrons. The molecule has 0 bridgehead atoms. The fourth-order valence-electron chi connectivity index (χ4n) is 2.31. The van der Waals surface area contributed by atoms with Crippen LogP contribution in [0, 0.1) is 0 Å². The van der Waals surface area contributed by atoms with Crippen LogP contribution in [0.15, 0.2) is 24.5 Å². The molecule has 1 aliphatic rings. The predicted octanol–water partition coefficient (Wildman–Crippen LogP) is 2.64. The molecule has 1 unspecified atom stereocenters. The van der Waals surface area contributed by atoms with E-state index in [0.717, 1.165) is 17.1 Å². The van der Waals surface area contributed by atoms with Crippen LogP contribution in [0.3, 0.4) is 0 Å². The highest BCUT2D eigenvalue weighted by Crippen LogP contribution is 2.30. The van der Waals surface area contributed by atoms with Crippen LogP contribution in [-0.2, 0) is 0 Å². The Morgan fingerprint density at radius 3 is 3.17 bits per heavy atom. The summed E-state index contributed by atoms with van der Waals surface area (Å²) in [5, 5.41) is 8.96. The average Bonchev–Trinajstić information content (AvgIpc) is 2.82. The Balaban J connectivity index is 1.97. The van der Waals surface area contributed by atoms with E-state index in [1.807, 2.05) is 22.4 Å². The SMILES string of the molecule is O=C(O)c1ccn2cc(C3CCCSC3)nc2c1. The van der Waals surface area contributed by atoms with E-state index in [0.29, 0.717) is 5.92 Å². The number of aromatic carboxylic acids is 1. The lowest BCUT2D eigenvalue weighted by Gasteiger charge is -2.18. The van der Waals surface area contributed by atoms with Crippen LogP contribution in [0.4, 0.5) is 0 Å². The molecule has 0 aliphatic carbocycles. The third-order valence-corrected chi connectivity index (χ3v) is 4.52. The number of aromatic nitrogens is 2. The molecule has 2 aromatic rings. The van der Waals surface area contributed by atoms with Gasteiger partial charge in [0.05, 0.1) is 11.3 Å². The molecule has 0 saturated carbocycles. The van der Waals surface area contributed by atoms with Gasteiger partial charge in [0.1, 0.15) is 5.65 Å². The molecule has 0 amide bonds. The third kappa shape index (κ3) is 2.10. The van der Waals surface area contributed by atoms with Crippen molar-refractivity contribution in [3.63, 3.8) is 0 Å². The number of hydrogen-bond acceptors (Lipinski definition) is 3. The summed E-state index contributed by atoms with van der Waals surface area (Å²) in [5.74, 6) is 1.97. The van der Waals surface area contributed by atoms with Gasteiger partial charge in [-0.15, -0.1) is 0 Å². The maximum atomic E-state index is 10.9. The highest BCUT2D eigenvalue weighted by Gasteiger charge is 2.19. The van der Waals surface area contributed by atoms with E-state index < -0.39 is 5.97 Å². The standard InChI is InChI=1S/C13H14N2O2S/c16-13(17)9-3-4-15-7-11(14-12(15)6-9)10-2-1-5-18-8-10/h3-4,6-7,10H,1-2,5,8H2,(H,16,17). The van der Waals surface area contributed by atoms with Crippen LogP contribution in [0.1, 0.15) is 34.8 Å². The largest absolute Gasteiger partial charge is 0.478 e. The number of imidazole rings is 1. The second-order valence-electron chi connectivity index (χ2n) is 4.57. The Hall–Kier alpha value is -1.49. The molecule has 0 aromatic carbocycles.